The molecule has 120 valence electrons. The average molecular weight is 314 g/mol. The van der Waals surface area contributed by atoms with Crippen molar-refractivity contribution in [2.24, 2.45) is 0 Å². The topological polar surface area (TPSA) is 87.1 Å². The van der Waals surface area contributed by atoms with Crippen molar-refractivity contribution in [2.75, 3.05) is 24.5 Å². The van der Waals surface area contributed by atoms with Crippen LogP contribution in [0.25, 0.3) is 0 Å². The maximum atomic E-state index is 12.3. The van der Waals surface area contributed by atoms with Gasteiger partial charge in [0.1, 0.15) is 5.69 Å². The summed E-state index contributed by atoms with van der Waals surface area (Å²) in [6.45, 7) is 2.08. The first-order valence-electron chi connectivity index (χ1n) is 7.84. The number of likely N-dealkylation sites (tertiary alicyclic amines) is 1. The van der Waals surface area contributed by atoms with Crippen molar-refractivity contribution in [1.29, 1.82) is 0 Å². The van der Waals surface area contributed by atoms with Gasteiger partial charge in [0, 0.05) is 32.3 Å². The van der Waals surface area contributed by atoms with E-state index in [9.17, 15) is 9.59 Å². The van der Waals surface area contributed by atoms with Crippen LogP contribution in [0.1, 0.15) is 35.8 Å². The highest BCUT2D eigenvalue weighted by molar-refractivity contribution is 5.95. The van der Waals surface area contributed by atoms with E-state index in [2.05, 4.69) is 15.1 Å². The van der Waals surface area contributed by atoms with Crippen molar-refractivity contribution in [1.82, 2.24) is 24.6 Å². The van der Waals surface area contributed by atoms with Gasteiger partial charge in [0.05, 0.1) is 30.5 Å². The standard InChI is InChI=1S/C15H18N6O2/c22-14-2-1-4-20(14)12-6-18-21(9-12)11-3-5-19(8-11)15(23)13-7-16-10-17-13/h6-7,9-11H,1-5,8H2,(H,16,17). The zero-order chi connectivity index (χ0) is 15.8. The summed E-state index contributed by atoms with van der Waals surface area (Å²) in [4.78, 5) is 34.4. The Morgan fingerprint density at radius 3 is 2.96 bits per heavy atom. The van der Waals surface area contributed by atoms with Crippen LogP contribution in [-0.4, -0.2) is 56.1 Å². The molecular formula is C15H18N6O2. The van der Waals surface area contributed by atoms with Gasteiger partial charge in [-0.25, -0.2) is 4.98 Å². The normalized spacial score (nSPS) is 21.4. The van der Waals surface area contributed by atoms with Crippen molar-refractivity contribution in [3.63, 3.8) is 0 Å². The molecule has 2 aromatic rings. The molecule has 2 saturated heterocycles. The fourth-order valence-corrected chi connectivity index (χ4v) is 3.27. The molecule has 2 amide bonds. The molecule has 0 saturated carbocycles. The molecular weight excluding hydrogens is 296 g/mol. The van der Waals surface area contributed by atoms with Crippen molar-refractivity contribution in [3.05, 3.63) is 30.6 Å². The molecule has 2 aliphatic heterocycles. The largest absolute Gasteiger partial charge is 0.341 e. The van der Waals surface area contributed by atoms with E-state index in [-0.39, 0.29) is 17.9 Å². The Hall–Kier alpha value is -2.64. The highest BCUT2D eigenvalue weighted by atomic mass is 16.2. The number of aromatic amines is 1. The maximum Gasteiger partial charge on any atom is 0.271 e. The lowest BCUT2D eigenvalue weighted by molar-refractivity contribution is -0.117. The number of imidazole rings is 1. The fourth-order valence-electron chi connectivity index (χ4n) is 3.27. The molecule has 1 unspecified atom stereocenters. The lowest BCUT2D eigenvalue weighted by atomic mass is 10.3. The summed E-state index contributed by atoms with van der Waals surface area (Å²) in [5.74, 6) is 0.124. The number of hydrogen-bond acceptors (Lipinski definition) is 4. The SMILES string of the molecule is O=C(c1cnc[nH]1)N1CCC(n2cc(N3CCCC3=O)cn2)C1. The first-order valence-corrected chi connectivity index (χ1v) is 7.84. The third-order valence-electron chi connectivity index (χ3n) is 4.53. The Kier molecular flexibility index (Phi) is 3.36. The van der Waals surface area contributed by atoms with Gasteiger partial charge in [0.25, 0.3) is 5.91 Å². The highest BCUT2D eigenvalue weighted by Crippen LogP contribution is 2.26. The number of aromatic nitrogens is 4. The zero-order valence-corrected chi connectivity index (χ0v) is 12.7. The molecule has 2 aliphatic rings. The van der Waals surface area contributed by atoms with Gasteiger partial charge in [0.15, 0.2) is 0 Å². The summed E-state index contributed by atoms with van der Waals surface area (Å²) in [7, 11) is 0. The van der Waals surface area contributed by atoms with Gasteiger partial charge in [-0.2, -0.15) is 5.10 Å². The summed E-state index contributed by atoms with van der Waals surface area (Å²) >= 11 is 0. The monoisotopic (exact) mass is 314 g/mol. The molecule has 4 heterocycles. The molecule has 0 bridgehead atoms. The van der Waals surface area contributed by atoms with Crippen LogP contribution < -0.4 is 4.90 Å². The van der Waals surface area contributed by atoms with E-state index in [4.69, 9.17) is 0 Å². The Morgan fingerprint density at radius 1 is 1.30 bits per heavy atom. The molecule has 0 radical (unpaired) electrons. The number of carbonyl (C=O) groups is 2. The van der Waals surface area contributed by atoms with Crippen molar-refractivity contribution in [3.8, 4) is 0 Å². The van der Waals surface area contributed by atoms with E-state index < -0.39 is 0 Å². The molecule has 8 nitrogen and oxygen atoms in total. The zero-order valence-electron chi connectivity index (χ0n) is 12.7. The minimum atomic E-state index is -0.0351. The van der Waals surface area contributed by atoms with Crippen LogP contribution in [0.3, 0.4) is 0 Å². The second kappa shape index (κ2) is 5.53. The summed E-state index contributed by atoms with van der Waals surface area (Å²) < 4.78 is 1.88. The van der Waals surface area contributed by atoms with Gasteiger partial charge in [-0.15, -0.1) is 0 Å². The number of nitrogens with one attached hydrogen (secondary N) is 1. The van der Waals surface area contributed by atoms with Crippen LogP contribution in [0, 0.1) is 0 Å². The van der Waals surface area contributed by atoms with Crippen LogP contribution in [0.4, 0.5) is 5.69 Å². The number of rotatable bonds is 3. The second-order valence-corrected chi connectivity index (χ2v) is 5.99. The quantitative estimate of drug-likeness (QED) is 0.908. The summed E-state index contributed by atoms with van der Waals surface area (Å²) in [6, 6.07) is 0.147. The molecule has 23 heavy (non-hydrogen) atoms. The van der Waals surface area contributed by atoms with Crippen LogP contribution in [-0.2, 0) is 4.79 Å². The van der Waals surface area contributed by atoms with Crippen molar-refractivity contribution >= 4 is 17.5 Å². The van der Waals surface area contributed by atoms with Gasteiger partial charge >= 0.3 is 0 Å². The van der Waals surface area contributed by atoms with Gasteiger partial charge in [-0.05, 0) is 12.8 Å². The van der Waals surface area contributed by atoms with E-state index in [1.165, 1.54) is 6.33 Å². The smallest absolute Gasteiger partial charge is 0.271 e. The lowest BCUT2D eigenvalue weighted by Crippen LogP contribution is -2.29. The van der Waals surface area contributed by atoms with E-state index in [0.717, 1.165) is 25.1 Å². The molecule has 2 fully saturated rings. The lowest BCUT2D eigenvalue weighted by Gasteiger charge is -2.16. The first-order chi connectivity index (χ1) is 11.2. The van der Waals surface area contributed by atoms with Crippen molar-refractivity contribution < 1.29 is 9.59 Å². The second-order valence-electron chi connectivity index (χ2n) is 5.99. The number of anilines is 1. The molecule has 0 aromatic carbocycles. The number of nitrogens with zero attached hydrogens (tertiary/aromatic N) is 5. The molecule has 1 N–H and O–H groups in total. The minimum Gasteiger partial charge on any atom is -0.341 e. The molecule has 8 heteroatoms. The van der Waals surface area contributed by atoms with E-state index in [0.29, 0.717) is 25.2 Å². The van der Waals surface area contributed by atoms with Gasteiger partial charge < -0.3 is 14.8 Å². The number of amides is 2. The average Bonchev–Trinajstić information content (AvgIpc) is 3.32. The van der Waals surface area contributed by atoms with Crippen LogP contribution in [0.5, 0.6) is 0 Å². The van der Waals surface area contributed by atoms with E-state index >= 15 is 0 Å². The predicted molar refractivity (Wildman–Crippen MR) is 82.0 cm³/mol. The first kappa shape index (κ1) is 14.0. The summed E-state index contributed by atoms with van der Waals surface area (Å²) in [5.41, 5.74) is 1.36. The third-order valence-corrected chi connectivity index (χ3v) is 4.53. The van der Waals surface area contributed by atoms with Gasteiger partial charge in [-0.1, -0.05) is 0 Å². The van der Waals surface area contributed by atoms with Gasteiger partial charge in [0.2, 0.25) is 5.91 Å². The van der Waals surface area contributed by atoms with E-state index in [1.54, 1.807) is 22.2 Å². The number of carbonyl (C=O) groups excluding carboxylic acids is 2. The fraction of sp³-hybridized carbons (Fsp3) is 0.467. The molecule has 1 atom stereocenters. The molecule has 2 aromatic heterocycles. The Balaban J connectivity index is 1.45. The number of hydrogen-bond donors (Lipinski definition) is 1. The van der Waals surface area contributed by atoms with Crippen LogP contribution in [0.2, 0.25) is 0 Å². The Morgan fingerprint density at radius 2 is 2.22 bits per heavy atom. The number of H-pyrrole nitrogens is 1. The van der Waals surface area contributed by atoms with Gasteiger partial charge in [-0.3, -0.25) is 14.3 Å². The van der Waals surface area contributed by atoms with Crippen LogP contribution in [0.15, 0.2) is 24.9 Å². The Labute approximate surface area is 133 Å². The highest BCUT2D eigenvalue weighted by Gasteiger charge is 2.30. The molecule has 4 rings (SSSR count). The summed E-state index contributed by atoms with van der Waals surface area (Å²) in [6.07, 6.45) is 9.07. The minimum absolute atomic E-state index is 0.0351. The third kappa shape index (κ3) is 2.49. The van der Waals surface area contributed by atoms with E-state index in [1.807, 2.05) is 10.9 Å². The molecule has 0 aliphatic carbocycles. The predicted octanol–water partition coefficient (Wildman–Crippen LogP) is 0.820. The van der Waals surface area contributed by atoms with Crippen molar-refractivity contribution in [2.45, 2.75) is 25.3 Å². The maximum absolute atomic E-state index is 12.3. The Bertz CT molecular complexity index is 722. The molecule has 0 spiro atoms. The summed E-state index contributed by atoms with van der Waals surface area (Å²) in [5, 5.41) is 4.40. The van der Waals surface area contributed by atoms with Crippen LogP contribution >= 0.6 is 0 Å².